The van der Waals surface area contributed by atoms with Gasteiger partial charge in [0.15, 0.2) is 0 Å². The Morgan fingerprint density at radius 2 is 2.04 bits per heavy atom. The Labute approximate surface area is 149 Å². The number of pyridine rings is 1. The van der Waals surface area contributed by atoms with E-state index >= 15 is 0 Å². The maximum absolute atomic E-state index is 12.9. The highest BCUT2D eigenvalue weighted by molar-refractivity contribution is 5.86. The molecule has 3 heterocycles. The summed E-state index contributed by atoms with van der Waals surface area (Å²) in [5.41, 5.74) is 0.183. The lowest BCUT2D eigenvalue weighted by Crippen LogP contribution is -2.50. The SMILES string of the molecule is CC(C)[C@H]1CN(c2ccncc2)C[C@@H]1NC(=O)C1(C#N)CCOCC1. The predicted octanol–water partition coefficient (Wildman–Crippen LogP) is 1.98. The van der Waals surface area contributed by atoms with Crippen molar-refractivity contribution in [1.82, 2.24) is 10.3 Å². The van der Waals surface area contributed by atoms with Gasteiger partial charge in [-0.3, -0.25) is 9.78 Å². The van der Waals surface area contributed by atoms with E-state index in [0.29, 0.717) is 37.9 Å². The Kier molecular flexibility index (Phi) is 5.24. The second-order valence-corrected chi connectivity index (χ2v) is 7.40. The van der Waals surface area contributed by atoms with E-state index < -0.39 is 5.41 Å². The minimum atomic E-state index is -0.941. The summed E-state index contributed by atoms with van der Waals surface area (Å²) >= 11 is 0. The molecule has 0 aromatic carbocycles. The number of ether oxygens (including phenoxy) is 1. The van der Waals surface area contributed by atoms with Gasteiger partial charge in [-0.05, 0) is 30.9 Å². The van der Waals surface area contributed by atoms with Gasteiger partial charge in [-0.25, -0.2) is 0 Å². The van der Waals surface area contributed by atoms with Crippen LogP contribution in [0.2, 0.25) is 0 Å². The highest BCUT2D eigenvalue weighted by Gasteiger charge is 2.44. The average Bonchev–Trinajstić information content (AvgIpc) is 3.07. The first-order valence-electron chi connectivity index (χ1n) is 9.01. The number of carbonyl (C=O) groups is 1. The number of rotatable bonds is 4. The molecule has 0 spiro atoms. The molecule has 2 aliphatic heterocycles. The van der Waals surface area contributed by atoms with Crippen LogP contribution in [-0.2, 0) is 9.53 Å². The summed E-state index contributed by atoms with van der Waals surface area (Å²) in [6, 6.07) is 6.31. The van der Waals surface area contributed by atoms with E-state index in [1.165, 1.54) is 0 Å². The van der Waals surface area contributed by atoms with E-state index in [1.54, 1.807) is 12.4 Å². The first-order chi connectivity index (χ1) is 12.1. The van der Waals surface area contributed by atoms with Crippen LogP contribution in [0.4, 0.5) is 5.69 Å². The third-order valence-electron chi connectivity index (χ3n) is 5.56. The summed E-state index contributed by atoms with van der Waals surface area (Å²) in [5, 5.41) is 12.8. The molecule has 3 rings (SSSR count). The van der Waals surface area contributed by atoms with Gasteiger partial charge in [-0.2, -0.15) is 5.26 Å². The maximum Gasteiger partial charge on any atom is 0.240 e. The van der Waals surface area contributed by atoms with E-state index in [-0.39, 0.29) is 11.9 Å². The van der Waals surface area contributed by atoms with Crippen molar-refractivity contribution in [2.75, 3.05) is 31.2 Å². The zero-order chi connectivity index (χ0) is 17.9. The van der Waals surface area contributed by atoms with Gasteiger partial charge in [-0.15, -0.1) is 0 Å². The molecular weight excluding hydrogens is 316 g/mol. The molecule has 1 N–H and O–H groups in total. The number of amides is 1. The van der Waals surface area contributed by atoms with Crippen molar-refractivity contribution in [3.05, 3.63) is 24.5 Å². The molecule has 1 aromatic heterocycles. The van der Waals surface area contributed by atoms with Gasteiger partial charge in [0.25, 0.3) is 0 Å². The minimum absolute atomic E-state index is 0.0498. The van der Waals surface area contributed by atoms with E-state index in [1.807, 2.05) is 12.1 Å². The Bertz CT molecular complexity index is 635. The number of aromatic nitrogens is 1. The molecule has 6 heteroatoms. The van der Waals surface area contributed by atoms with E-state index in [0.717, 1.165) is 18.8 Å². The molecule has 1 amide bonds. The van der Waals surface area contributed by atoms with Gasteiger partial charge in [0.1, 0.15) is 5.41 Å². The van der Waals surface area contributed by atoms with Crippen molar-refractivity contribution in [3.63, 3.8) is 0 Å². The summed E-state index contributed by atoms with van der Waals surface area (Å²) in [6.07, 6.45) is 4.53. The third kappa shape index (κ3) is 3.62. The zero-order valence-electron chi connectivity index (χ0n) is 14.9. The maximum atomic E-state index is 12.9. The smallest absolute Gasteiger partial charge is 0.240 e. The number of carbonyl (C=O) groups excluding carboxylic acids is 1. The lowest BCUT2D eigenvalue weighted by atomic mass is 9.80. The number of hydrogen-bond donors (Lipinski definition) is 1. The van der Waals surface area contributed by atoms with Crippen molar-refractivity contribution in [2.45, 2.75) is 32.7 Å². The molecule has 25 heavy (non-hydrogen) atoms. The molecule has 2 fully saturated rings. The summed E-state index contributed by atoms with van der Waals surface area (Å²) < 4.78 is 5.34. The first kappa shape index (κ1) is 17.7. The molecular formula is C19H26N4O2. The molecule has 134 valence electrons. The van der Waals surface area contributed by atoms with Crippen LogP contribution in [0, 0.1) is 28.6 Å². The second-order valence-electron chi connectivity index (χ2n) is 7.40. The molecule has 0 aliphatic carbocycles. The van der Waals surface area contributed by atoms with E-state index in [9.17, 15) is 10.1 Å². The van der Waals surface area contributed by atoms with Gasteiger partial charge < -0.3 is 15.0 Å². The van der Waals surface area contributed by atoms with Crippen molar-refractivity contribution < 1.29 is 9.53 Å². The Balaban J connectivity index is 1.73. The topological polar surface area (TPSA) is 78.3 Å². The number of hydrogen-bond acceptors (Lipinski definition) is 5. The highest BCUT2D eigenvalue weighted by Crippen LogP contribution is 2.33. The highest BCUT2D eigenvalue weighted by atomic mass is 16.5. The summed E-state index contributed by atoms with van der Waals surface area (Å²) in [4.78, 5) is 19.3. The average molecular weight is 342 g/mol. The van der Waals surface area contributed by atoms with Crippen LogP contribution in [0.15, 0.2) is 24.5 Å². The number of nitrogens with zero attached hydrogens (tertiary/aromatic N) is 3. The quantitative estimate of drug-likeness (QED) is 0.905. The Hall–Kier alpha value is -2.13. The molecule has 0 unspecified atom stereocenters. The third-order valence-corrected chi connectivity index (χ3v) is 5.56. The molecule has 2 saturated heterocycles. The fourth-order valence-corrected chi connectivity index (χ4v) is 3.84. The van der Waals surface area contributed by atoms with Crippen molar-refractivity contribution in [1.29, 1.82) is 5.26 Å². The van der Waals surface area contributed by atoms with Gasteiger partial charge >= 0.3 is 0 Å². The number of nitriles is 1. The zero-order valence-corrected chi connectivity index (χ0v) is 14.9. The fourth-order valence-electron chi connectivity index (χ4n) is 3.84. The lowest BCUT2D eigenvalue weighted by molar-refractivity contribution is -0.133. The summed E-state index contributed by atoms with van der Waals surface area (Å²) in [6.45, 7) is 6.99. The fraction of sp³-hybridized carbons (Fsp3) is 0.632. The van der Waals surface area contributed by atoms with Crippen molar-refractivity contribution >= 4 is 11.6 Å². The summed E-state index contributed by atoms with van der Waals surface area (Å²) in [5.74, 6) is 0.670. The van der Waals surface area contributed by atoms with Crippen LogP contribution in [0.3, 0.4) is 0 Å². The minimum Gasteiger partial charge on any atom is -0.381 e. The molecule has 0 saturated carbocycles. The standard InChI is InChI=1S/C19H26N4O2/c1-14(2)16-11-23(15-3-7-21-8-4-15)12-17(16)22-18(24)19(13-20)5-9-25-10-6-19/h3-4,7-8,14,16-17H,5-6,9-12H2,1-2H3,(H,22,24)/t16-,17+/m1/s1. The van der Waals surface area contributed by atoms with Crippen LogP contribution >= 0.6 is 0 Å². The van der Waals surface area contributed by atoms with Crippen LogP contribution in [0.25, 0.3) is 0 Å². The Morgan fingerprint density at radius 3 is 2.64 bits per heavy atom. The summed E-state index contributed by atoms with van der Waals surface area (Å²) in [7, 11) is 0. The van der Waals surface area contributed by atoms with Crippen molar-refractivity contribution in [2.24, 2.45) is 17.3 Å². The predicted molar refractivity (Wildman–Crippen MR) is 94.8 cm³/mol. The van der Waals surface area contributed by atoms with Crippen LogP contribution < -0.4 is 10.2 Å². The number of nitrogens with one attached hydrogen (secondary N) is 1. The second kappa shape index (κ2) is 7.40. The molecule has 1 aromatic rings. The van der Waals surface area contributed by atoms with Gasteiger partial charge in [0.2, 0.25) is 5.91 Å². The Morgan fingerprint density at radius 1 is 1.36 bits per heavy atom. The lowest BCUT2D eigenvalue weighted by Gasteiger charge is -2.32. The van der Waals surface area contributed by atoms with Gasteiger partial charge in [0, 0.05) is 50.3 Å². The van der Waals surface area contributed by atoms with Gasteiger partial charge in [-0.1, -0.05) is 13.8 Å². The van der Waals surface area contributed by atoms with Gasteiger partial charge in [0.05, 0.1) is 12.1 Å². The van der Waals surface area contributed by atoms with Crippen LogP contribution in [0.1, 0.15) is 26.7 Å². The van der Waals surface area contributed by atoms with E-state index in [4.69, 9.17) is 4.74 Å². The van der Waals surface area contributed by atoms with Crippen LogP contribution in [-0.4, -0.2) is 43.2 Å². The first-order valence-corrected chi connectivity index (χ1v) is 9.01. The molecule has 6 nitrogen and oxygen atoms in total. The molecule has 0 radical (unpaired) electrons. The number of anilines is 1. The van der Waals surface area contributed by atoms with Crippen molar-refractivity contribution in [3.8, 4) is 6.07 Å². The largest absolute Gasteiger partial charge is 0.381 e. The molecule has 2 aliphatic rings. The van der Waals surface area contributed by atoms with Crippen LogP contribution in [0.5, 0.6) is 0 Å². The monoisotopic (exact) mass is 342 g/mol. The molecule has 2 atom stereocenters. The van der Waals surface area contributed by atoms with E-state index in [2.05, 4.69) is 35.1 Å². The normalized spacial score (nSPS) is 25.6. The molecule has 0 bridgehead atoms.